The minimum Gasteiger partial charge on any atom is -0.395 e. The van der Waals surface area contributed by atoms with E-state index in [0.29, 0.717) is 13.0 Å². The van der Waals surface area contributed by atoms with Crippen LogP contribution in [0.15, 0.2) is 24.3 Å². The van der Waals surface area contributed by atoms with Crippen LogP contribution in [-0.2, 0) is 11.2 Å². The molecular weight excluding hydrogens is 190 g/mol. The molecule has 0 saturated carbocycles. The number of aryl methyl sites for hydroxylation is 2. The molecule has 1 aromatic rings. The zero-order chi connectivity index (χ0) is 11.1. The first kappa shape index (κ1) is 11.7. The van der Waals surface area contributed by atoms with E-state index in [1.807, 2.05) is 31.2 Å². The van der Waals surface area contributed by atoms with Gasteiger partial charge in [-0.25, -0.2) is 0 Å². The Balaban J connectivity index is 2.37. The maximum absolute atomic E-state index is 11.3. The Bertz CT molecular complexity index is 323. The third kappa shape index (κ3) is 4.13. The first-order chi connectivity index (χ1) is 7.24. The summed E-state index contributed by atoms with van der Waals surface area (Å²) in [5, 5.41) is 11.2. The standard InChI is InChI=1S/C12H17NO2/c1-10-4-2-3-5-11(10)6-7-12(15)13-8-9-14/h2-5,14H,6-9H2,1H3,(H,13,15). The Morgan fingerprint density at radius 3 is 2.80 bits per heavy atom. The Morgan fingerprint density at radius 2 is 2.13 bits per heavy atom. The summed E-state index contributed by atoms with van der Waals surface area (Å²) in [5.41, 5.74) is 2.42. The van der Waals surface area contributed by atoms with Gasteiger partial charge in [0.05, 0.1) is 6.61 Å². The van der Waals surface area contributed by atoms with Gasteiger partial charge in [-0.15, -0.1) is 0 Å². The van der Waals surface area contributed by atoms with Crippen molar-refractivity contribution in [1.29, 1.82) is 0 Å². The number of hydrogen-bond acceptors (Lipinski definition) is 2. The average molecular weight is 207 g/mol. The first-order valence-electron chi connectivity index (χ1n) is 5.16. The van der Waals surface area contributed by atoms with Gasteiger partial charge in [-0.1, -0.05) is 24.3 Å². The molecule has 2 N–H and O–H groups in total. The van der Waals surface area contributed by atoms with Crippen LogP contribution < -0.4 is 5.32 Å². The highest BCUT2D eigenvalue weighted by molar-refractivity contribution is 5.76. The van der Waals surface area contributed by atoms with E-state index in [0.717, 1.165) is 6.42 Å². The van der Waals surface area contributed by atoms with Gasteiger partial charge in [0.2, 0.25) is 5.91 Å². The quantitative estimate of drug-likeness (QED) is 0.757. The molecule has 0 saturated heterocycles. The van der Waals surface area contributed by atoms with Crippen LogP contribution in [0.2, 0.25) is 0 Å². The number of aliphatic hydroxyl groups excluding tert-OH is 1. The lowest BCUT2D eigenvalue weighted by atomic mass is 10.0. The second kappa shape index (κ2) is 6.19. The number of rotatable bonds is 5. The molecule has 3 nitrogen and oxygen atoms in total. The second-order valence-electron chi connectivity index (χ2n) is 3.50. The highest BCUT2D eigenvalue weighted by atomic mass is 16.3. The maximum Gasteiger partial charge on any atom is 0.220 e. The van der Waals surface area contributed by atoms with Gasteiger partial charge in [0.1, 0.15) is 0 Å². The number of amides is 1. The lowest BCUT2D eigenvalue weighted by molar-refractivity contribution is -0.121. The Labute approximate surface area is 90.1 Å². The van der Waals surface area contributed by atoms with Crippen molar-refractivity contribution in [2.75, 3.05) is 13.2 Å². The molecule has 0 spiro atoms. The fraction of sp³-hybridized carbons (Fsp3) is 0.417. The van der Waals surface area contributed by atoms with Crippen LogP contribution in [0.4, 0.5) is 0 Å². The summed E-state index contributed by atoms with van der Waals surface area (Å²) in [6.07, 6.45) is 1.23. The number of benzene rings is 1. The first-order valence-corrected chi connectivity index (χ1v) is 5.16. The normalized spacial score (nSPS) is 10.0. The molecule has 0 unspecified atom stereocenters. The van der Waals surface area contributed by atoms with Gasteiger partial charge in [0.15, 0.2) is 0 Å². The van der Waals surface area contributed by atoms with Gasteiger partial charge in [-0.05, 0) is 24.5 Å². The Morgan fingerprint density at radius 1 is 1.40 bits per heavy atom. The van der Waals surface area contributed by atoms with Crippen LogP contribution in [0, 0.1) is 6.92 Å². The van der Waals surface area contributed by atoms with E-state index in [1.54, 1.807) is 0 Å². The molecule has 0 atom stereocenters. The molecule has 0 heterocycles. The molecule has 82 valence electrons. The van der Waals surface area contributed by atoms with E-state index >= 15 is 0 Å². The van der Waals surface area contributed by atoms with Gasteiger partial charge < -0.3 is 10.4 Å². The molecule has 3 heteroatoms. The van der Waals surface area contributed by atoms with Crippen LogP contribution in [0.5, 0.6) is 0 Å². The molecule has 0 bridgehead atoms. The van der Waals surface area contributed by atoms with Crippen molar-refractivity contribution < 1.29 is 9.90 Å². The molecule has 1 amide bonds. The number of carbonyl (C=O) groups is 1. The fourth-order valence-electron chi connectivity index (χ4n) is 1.42. The Hall–Kier alpha value is -1.35. The van der Waals surface area contributed by atoms with Crippen molar-refractivity contribution in [1.82, 2.24) is 5.32 Å². The number of aliphatic hydroxyl groups is 1. The summed E-state index contributed by atoms with van der Waals surface area (Å²) in [7, 11) is 0. The molecule has 0 aliphatic rings. The summed E-state index contributed by atoms with van der Waals surface area (Å²) in [4.78, 5) is 11.3. The number of nitrogens with one attached hydrogen (secondary N) is 1. The van der Waals surface area contributed by atoms with Crippen LogP contribution in [-0.4, -0.2) is 24.2 Å². The van der Waals surface area contributed by atoms with Gasteiger partial charge in [0, 0.05) is 13.0 Å². The third-order valence-corrected chi connectivity index (χ3v) is 2.32. The minimum atomic E-state index is -0.00713. The molecule has 0 aliphatic carbocycles. The van der Waals surface area contributed by atoms with Gasteiger partial charge in [-0.3, -0.25) is 4.79 Å². The summed E-state index contributed by atoms with van der Waals surface area (Å²) in [5.74, 6) is -0.00713. The summed E-state index contributed by atoms with van der Waals surface area (Å²) >= 11 is 0. The molecule has 0 fully saturated rings. The summed E-state index contributed by atoms with van der Waals surface area (Å²) < 4.78 is 0. The Kier molecular flexibility index (Phi) is 4.84. The minimum absolute atomic E-state index is 0.00386. The summed E-state index contributed by atoms with van der Waals surface area (Å²) in [6.45, 7) is 2.38. The van der Waals surface area contributed by atoms with Gasteiger partial charge >= 0.3 is 0 Å². The fourth-order valence-corrected chi connectivity index (χ4v) is 1.42. The smallest absolute Gasteiger partial charge is 0.220 e. The average Bonchev–Trinajstić information content (AvgIpc) is 2.25. The van der Waals surface area contributed by atoms with Crippen LogP contribution >= 0.6 is 0 Å². The predicted molar refractivity (Wildman–Crippen MR) is 59.6 cm³/mol. The maximum atomic E-state index is 11.3. The van der Waals surface area contributed by atoms with Crippen molar-refractivity contribution in [3.8, 4) is 0 Å². The van der Waals surface area contributed by atoms with E-state index < -0.39 is 0 Å². The largest absolute Gasteiger partial charge is 0.395 e. The number of carbonyl (C=O) groups excluding carboxylic acids is 1. The SMILES string of the molecule is Cc1ccccc1CCC(=O)NCCO. The van der Waals surface area contributed by atoms with Gasteiger partial charge in [-0.2, -0.15) is 0 Å². The van der Waals surface area contributed by atoms with Crippen molar-refractivity contribution in [3.63, 3.8) is 0 Å². The third-order valence-electron chi connectivity index (χ3n) is 2.32. The van der Waals surface area contributed by atoms with Crippen molar-refractivity contribution in [2.45, 2.75) is 19.8 Å². The number of hydrogen-bond donors (Lipinski definition) is 2. The van der Waals surface area contributed by atoms with Crippen LogP contribution in [0.3, 0.4) is 0 Å². The highest BCUT2D eigenvalue weighted by Crippen LogP contribution is 2.09. The molecular formula is C12H17NO2. The van der Waals surface area contributed by atoms with E-state index in [-0.39, 0.29) is 12.5 Å². The zero-order valence-corrected chi connectivity index (χ0v) is 8.99. The van der Waals surface area contributed by atoms with Gasteiger partial charge in [0.25, 0.3) is 0 Å². The predicted octanol–water partition coefficient (Wildman–Crippen LogP) is 1.04. The van der Waals surface area contributed by atoms with Crippen LogP contribution in [0.1, 0.15) is 17.5 Å². The van der Waals surface area contributed by atoms with E-state index in [2.05, 4.69) is 5.32 Å². The van der Waals surface area contributed by atoms with E-state index in [1.165, 1.54) is 11.1 Å². The summed E-state index contributed by atoms with van der Waals surface area (Å²) in [6, 6.07) is 8.05. The zero-order valence-electron chi connectivity index (χ0n) is 8.99. The molecule has 0 aliphatic heterocycles. The lowest BCUT2D eigenvalue weighted by Crippen LogP contribution is -2.26. The molecule has 15 heavy (non-hydrogen) atoms. The lowest BCUT2D eigenvalue weighted by Gasteiger charge is -2.05. The molecule has 1 aromatic carbocycles. The highest BCUT2D eigenvalue weighted by Gasteiger charge is 2.02. The van der Waals surface area contributed by atoms with Crippen LogP contribution in [0.25, 0.3) is 0 Å². The van der Waals surface area contributed by atoms with Crippen molar-refractivity contribution >= 4 is 5.91 Å². The second-order valence-corrected chi connectivity index (χ2v) is 3.50. The monoisotopic (exact) mass is 207 g/mol. The topological polar surface area (TPSA) is 49.3 Å². The molecule has 1 rings (SSSR count). The van der Waals surface area contributed by atoms with Crippen molar-refractivity contribution in [3.05, 3.63) is 35.4 Å². The van der Waals surface area contributed by atoms with E-state index in [4.69, 9.17) is 5.11 Å². The van der Waals surface area contributed by atoms with E-state index in [9.17, 15) is 4.79 Å². The molecule has 0 aromatic heterocycles. The molecule has 0 radical (unpaired) electrons. The van der Waals surface area contributed by atoms with Crippen molar-refractivity contribution in [2.24, 2.45) is 0 Å².